The van der Waals surface area contributed by atoms with Gasteiger partial charge in [0.05, 0.1) is 23.1 Å². The van der Waals surface area contributed by atoms with E-state index in [1.165, 1.54) is 13.2 Å². The molecule has 19 heavy (non-hydrogen) atoms. The van der Waals surface area contributed by atoms with E-state index in [1.54, 1.807) is 6.92 Å². The van der Waals surface area contributed by atoms with Crippen LogP contribution in [0.15, 0.2) is 9.85 Å². The number of thiophene rings is 1. The first-order valence-corrected chi connectivity index (χ1v) is 6.92. The van der Waals surface area contributed by atoms with Gasteiger partial charge in [-0.15, -0.1) is 11.3 Å². The van der Waals surface area contributed by atoms with Gasteiger partial charge in [0.15, 0.2) is 0 Å². The average molecular weight is 350 g/mol. The molecule has 0 bridgehead atoms. The molecule has 1 rings (SSSR count). The molecule has 0 radical (unpaired) electrons. The first kappa shape index (κ1) is 15.6. The number of carbonyl (C=O) groups is 3. The maximum Gasteiger partial charge on any atom is 0.348 e. The summed E-state index contributed by atoms with van der Waals surface area (Å²) in [6.45, 7) is 1.66. The predicted molar refractivity (Wildman–Crippen MR) is 72.3 cm³/mol. The minimum Gasteiger partial charge on any atom is -0.465 e. The Morgan fingerprint density at radius 2 is 2.11 bits per heavy atom. The Morgan fingerprint density at radius 1 is 1.42 bits per heavy atom. The van der Waals surface area contributed by atoms with Crippen molar-refractivity contribution in [1.82, 2.24) is 5.32 Å². The molecule has 104 valence electrons. The molecule has 0 aromatic carbocycles. The monoisotopic (exact) mass is 349 g/mol. The van der Waals surface area contributed by atoms with Gasteiger partial charge < -0.3 is 14.8 Å². The maximum absolute atomic E-state index is 11.9. The number of hydrogen-bond acceptors (Lipinski definition) is 6. The average Bonchev–Trinajstić information content (AvgIpc) is 2.77. The predicted octanol–water partition coefficient (Wildman–Crippen LogP) is 1.59. The van der Waals surface area contributed by atoms with Gasteiger partial charge in [-0.25, -0.2) is 4.79 Å². The Balaban J connectivity index is 2.77. The molecule has 0 aliphatic heterocycles. The Kier molecular flexibility index (Phi) is 5.97. The minimum atomic E-state index is -0.600. The minimum absolute atomic E-state index is 0.160. The molecule has 0 atom stereocenters. The van der Waals surface area contributed by atoms with Crippen LogP contribution in [0.5, 0.6) is 0 Å². The van der Waals surface area contributed by atoms with E-state index in [0.29, 0.717) is 3.79 Å². The van der Waals surface area contributed by atoms with Crippen LogP contribution in [0, 0.1) is 0 Å². The summed E-state index contributed by atoms with van der Waals surface area (Å²) in [5.74, 6) is -1.67. The summed E-state index contributed by atoms with van der Waals surface area (Å²) >= 11 is 4.28. The zero-order valence-corrected chi connectivity index (χ0v) is 12.7. The summed E-state index contributed by atoms with van der Waals surface area (Å²) in [4.78, 5) is 34.7. The van der Waals surface area contributed by atoms with Crippen LogP contribution in [0.1, 0.15) is 27.0 Å². The zero-order chi connectivity index (χ0) is 14.4. The van der Waals surface area contributed by atoms with Crippen LogP contribution in [0.25, 0.3) is 0 Å². The third-order valence-corrected chi connectivity index (χ3v) is 3.63. The van der Waals surface area contributed by atoms with Gasteiger partial charge in [0.1, 0.15) is 11.4 Å². The number of amides is 1. The zero-order valence-electron chi connectivity index (χ0n) is 10.3. The third-order valence-electron chi connectivity index (χ3n) is 2.02. The number of methoxy groups -OCH3 is 1. The molecule has 1 aromatic rings. The summed E-state index contributed by atoms with van der Waals surface area (Å²) < 4.78 is 9.88. The molecular weight excluding hydrogens is 338 g/mol. The molecule has 0 aliphatic carbocycles. The van der Waals surface area contributed by atoms with Gasteiger partial charge >= 0.3 is 11.9 Å². The molecule has 0 spiro atoms. The van der Waals surface area contributed by atoms with Crippen molar-refractivity contribution in [2.24, 2.45) is 0 Å². The lowest BCUT2D eigenvalue weighted by atomic mass is 10.2. The van der Waals surface area contributed by atoms with E-state index in [2.05, 4.69) is 30.7 Å². The van der Waals surface area contributed by atoms with Crippen molar-refractivity contribution >= 4 is 45.1 Å². The van der Waals surface area contributed by atoms with Crippen LogP contribution in [0.4, 0.5) is 0 Å². The highest BCUT2D eigenvalue weighted by Crippen LogP contribution is 2.27. The summed E-state index contributed by atoms with van der Waals surface area (Å²) in [6, 6.07) is 1.50. The second-order valence-electron chi connectivity index (χ2n) is 3.27. The lowest BCUT2D eigenvalue weighted by Gasteiger charge is -2.05. The van der Waals surface area contributed by atoms with Crippen LogP contribution in [0.2, 0.25) is 0 Å². The molecule has 8 heteroatoms. The fourth-order valence-corrected chi connectivity index (χ4v) is 2.75. The maximum atomic E-state index is 11.9. The molecule has 0 saturated carbocycles. The molecular formula is C11H12BrNO5S. The van der Waals surface area contributed by atoms with Crippen molar-refractivity contribution in [3.05, 3.63) is 20.3 Å². The lowest BCUT2D eigenvalue weighted by molar-refractivity contribution is -0.141. The van der Waals surface area contributed by atoms with E-state index in [1.807, 2.05) is 0 Å². The Hall–Kier alpha value is -1.41. The SMILES string of the molecule is CCOC(=O)CNC(=O)c1cc(Br)sc1C(=O)OC. The van der Waals surface area contributed by atoms with Crippen LogP contribution >= 0.6 is 27.3 Å². The third kappa shape index (κ3) is 4.32. The Morgan fingerprint density at radius 3 is 2.68 bits per heavy atom. The van der Waals surface area contributed by atoms with Crippen molar-refractivity contribution in [3.8, 4) is 0 Å². The number of nitrogens with one attached hydrogen (secondary N) is 1. The first-order valence-electron chi connectivity index (χ1n) is 5.31. The number of esters is 2. The van der Waals surface area contributed by atoms with Gasteiger partial charge in [0.25, 0.3) is 5.91 Å². The van der Waals surface area contributed by atoms with Gasteiger partial charge in [-0.2, -0.15) is 0 Å². The van der Waals surface area contributed by atoms with Gasteiger partial charge in [0.2, 0.25) is 0 Å². The van der Waals surface area contributed by atoms with Gasteiger partial charge in [-0.3, -0.25) is 9.59 Å². The Bertz CT molecular complexity index is 499. The number of halogens is 1. The van der Waals surface area contributed by atoms with E-state index in [-0.39, 0.29) is 23.6 Å². The molecule has 0 fully saturated rings. The second kappa shape index (κ2) is 7.25. The van der Waals surface area contributed by atoms with Crippen molar-refractivity contribution in [3.63, 3.8) is 0 Å². The van der Waals surface area contributed by atoms with Gasteiger partial charge in [-0.1, -0.05) is 0 Å². The summed E-state index contributed by atoms with van der Waals surface area (Å²) in [7, 11) is 1.23. The van der Waals surface area contributed by atoms with Crippen LogP contribution in [-0.2, 0) is 14.3 Å². The lowest BCUT2D eigenvalue weighted by Crippen LogP contribution is -2.31. The van der Waals surface area contributed by atoms with Crippen molar-refractivity contribution < 1.29 is 23.9 Å². The number of hydrogen-bond donors (Lipinski definition) is 1. The fourth-order valence-electron chi connectivity index (χ4n) is 1.23. The molecule has 0 saturated heterocycles. The molecule has 0 aliphatic rings. The van der Waals surface area contributed by atoms with E-state index < -0.39 is 17.8 Å². The standard InChI is InChI=1S/C11H12BrNO5S/c1-3-18-8(14)5-13-10(15)6-4-7(12)19-9(6)11(16)17-2/h4H,3,5H2,1-2H3,(H,13,15). The van der Waals surface area contributed by atoms with Crippen LogP contribution < -0.4 is 5.32 Å². The van der Waals surface area contributed by atoms with Crippen molar-refractivity contribution in [1.29, 1.82) is 0 Å². The quantitative estimate of drug-likeness (QED) is 0.816. The van der Waals surface area contributed by atoms with Crippen LogP contribution in [0.3, 0.4) is 0 Å². The molecule has 1 aromatic heterocycles. The van der Waals surface area contributed by atoms with Crippen molar-refractivity contribution in [2.45, 2.75) is 6.92 Å². The highest BCUT2D eigenvalue weighted by molar-refractivity contribution is 9.11. The summed E-state index contributed by atoms with van der Waals surface area (Å²) in [6.07, 6.45) is 0. The van der Waals surface area contributed by atoms with Crippen LogP contribution in [-0.4, -0.2) is 38.1 Å². The topological polar surface area (TPSA) is 81.7 Å². The van der Waals surface area contributed by atoms with E-state index >= 15 is 0 Å². The fraction of sp³-hybridized carbons (Fsp3) is 0.364. The Labute approximate surface area is 122 Å². The smallest absolute Gasteiger partial charge is 0.348 e. The van der Waals surface area contributed by atoms with Crippen molar-refractivity contribution in [2.75, 3.05) is 20.3 Å². The summed E-state index contributed by atoms with van der Waals surface area (Å²) in [5, 5.41) is 2.38. The first-order chi connectivity index (χ1) is 8.99. The molecule has 0 unspecified atom stereocenters. The normalized spacial score (nSPS) is 9.84. The number of ether oxygens (including phenoxy) is 2. The molecule has 1 amide bonds. The second-order valence-corrected chi connectivity index (χ2v) is 5.70. The summed E-state index contributed by atoms with van der Waals surface area (Å²) in [5.41, 5.74) is 0.160. The molecule has 6 nitrogen and oxygen atoms in total. The van der Waals surface area contributed by atoms with E-state index in [9.17, 15) is 14.4 Å². The van der Waals surface area contributed by atoms with Gasteiger partial charge in [-0.05, 0) is 28.9 Å². The number of carbonyl (C=O) groups excluding carboxylic acids is 3. The molecule has 1 heterocycles. The van der Waals surface area contributed by atoms with E-state index in [0.717, 1.165) is 11.3 Å². The highest BCUT2D eigenvalue weighted by Gasteiger charge is 2.21. The number of rotatable bonds is 5. The highest BCUT2D eigenvalue weighted by atomic mass is 79.9. The van der Waals surface area contributed by atoms with E-state index in [4.69, 9.17) is 0 Å². The molecule has 1 N–H and O–H groups in total. The largest absolute Gasteiger partial charge is 0.465 e. The van der Waals surface area contributed by atoms with Gasteiger partial charge in [0, 0.05) is 0 Å².